The third kappa shape index (κ3) is 4.60. The highest BCUT2D eigenvalue weighted by molar-refractivity contribution is 7.80. The summed E-state index contributed by atoms with van der Waals surface area (Å²) in [6, 6.07) is 4.40. The maximum atomic E-state index is 13.0. The van der Waals surface area contributed by atoms with Crippen LogP contribution < -0.4 is 10.6 Å². The fraction of sp³-hybridized carbons (Fsp3) is 0.462. The summed E-state index contributed by atoms with van der Waals surface area (Å²) < 4.78 is 18.5. The Hall–Kier alpha value is -0.910. The van der Waals surface area contributed by atoms with Gasteiger partial charge in [-0.25, -0.2) is 4.39 Å². The summed E-state index contributed by atoms with van der Waals surface area (Å²) in [5.41, 5.74) is 0.668. The zero-order chi connectivity index (χ0) is 13.7. The molecule has 0 aromatic heterocycles. The van der Waals surface area contributed by atoms with Crippen molar-refractivity contribution in [3.63, 3.8) is 0 Å². The van der Waals surface area contributed by atoms with Gasteiger partial charge in [0.2, 0.25) is 0 Å². The number of ether oxygens (including phenoxy) is 1. The van der Waals surface area contributed by atoms with E-state index in [4.69, 9.17) is 28.6 Å². The van der Waals surface area contributed by atoms with Crippen LogP contribution in [-0.4, -0.2) is 24.4 Å². The minimum Gasteiger partial charge on any atom is -0.378 e. The summed E-state index contributed by atoms with van der Waals surface area (Å²) in [7, 11) is 0. The lowest BCUT2D eigenvalue weighted by Crippen LogP contribution is -2.30. The smallest absolute Gasteiger partial charge is 0.170 e. The number of nitrogens with one attached hydrogen (secondary N) is 2. The highest BCUT2D eigenvalue weighted by Crippen LogP contribution is 2.19. The molecule has 0 aliphatic carbocycles. The van der Waals surface area contributed by atoms with Gasteiger partial charge in [0.05, 0.1) is 11.1 Å². The van der Waals surface area contributed by atoms with E-state index in [9.17, 15) is 4.39 Å². The van der Waals surface area contributed by atoms with Crippen molar-refractivity contribution in [1.29, 1.82) is 0 Å². The zero-order valence-electron chi connectivity index (χ0n) is 10.4. The summed E-state index contributed by atoms with van der Waals surface area (Å²) in [4.78, 5) is 0. The quantitative estimate of drug-likeness (QED) is 0.836. The van der Waals surface area contributed by atoms with E-state index in [1.54, 1.807) is 6.07 Å². The van der Waals surface area contributed by atoms with Crippen molar-refractivity contribution in [3.05, 3.63) is 29.0 Å². The maximum absolute atomic E-state index is 13.0. The van der Waals surface area contributed by atoms with Crippen LogP contribution in [-0.2, 0) is 4.74 Å². The standard InChI is InChI=1S/C13H16ClFN2OS/c14-11-8-9(3-4-12(11)15)17-13(19)16-6-5-10-2-1-7-18-10/h3-4,8,10H,1-2,5-7H2,(H2,16,17,19). The predicted molar refractivity (Wildman–Crippen MR) is 79.2 cm³/mol. The average Bonchev–Trinajstić information content (AvgIpc) is 2.87. The van der Waals surface area contributed by atoms with Crippen molar-refractivity contribution >= 4 is 34.6 Å². The highest BCUT2D eigenvalue weighted by Gasteiger charge is 2.14. The zero-order valence-corrected chi connectivity index (χ0v) is 12.0. The molecule has 2 rings (SSSR count). The third-order valence-corrected chi connectivity index (χ3v) is 3.49. The Balaban J connectivity index is 1.72. The van der Waals surface area contributed by atoms with Crippen LogP contribution >= 0.6 is 23.8 Å². The van der Waals surface area contributed by atoms with Gasteiger partial charge in [0.15, 0.2) is 5.11 Å². The van der Waals surface area contributed by atoms with E-state index >= 15 is 0 Å². The van der Waals surface area contributed by atoms with Gasteiger partial charge in [-0.05, 0) is 49.7 Å². The molecule has 0 bridgehead atoms. The van der Waals surface area contributed by atoms with Gasteiger partial charge in [-0.3, -0.25) is 0 Å². The van der Waals surface area contributed by atoms with Crippen LogP contribution in [0, 0.1) is 5.82 Å². The first-order valence-corrected chi connectivity index (χ1v) is 7.05. The third-order valence-electron chi connectivity index (χ3n) is 2.95. The number of thiocarbonyl (C=S) groups is 1. The Kier molecular flexibility index (Phi) is 5.36. The molecule has 19 heavy (non-hydrogen) atoms. The molecule has 1 aliphatic heterocycles. The molecular formula is C13H16ClFN2OS. The van der Waals surface area contributed by atoms with Gasteiger partial charge in [-0.2, -0.15) is 0 Å². The number of rotatable bonds is 4. The molecule has 0 radical (unpaired) electrons. The molecular weight excluding hydrogens is 287 g/mol. The molecule has 104 valence electrons. The molecule has 1 aromatic carbocycles. The summed E-state index contributed by atoms with van der Waals surface area (Å²) in [6.45, 7) is 1.62. The number of hydrogen-bond donors (Lipinski definition) is 2. The minimum absolute atomic E-state index is 0.0761. The molecule has 1 aromatic rings. The second kappa shape index (κ2) is 7.03. The first kappa shape index (κ1) is 14.5. The predicted octanol–water partition coefficient (Wildman–Crippen LogP) is 3.33. The molecule has 1 aliphatic rings. The molecule has 0 amide bonds. The molecule has 0 saturated carbocycles. The topological polar surface area (TPSA) is 33.3 Å². The van der Waals surface area contributed by atoms with Gasteiger partial charge in [0, 0.05) is 18.8 Å². The summed E-state index contributed by atoms with van der Waals surface area (Å²) in [5, 5.41) is 6.64. The number of halogens is 2. The van der Waals surface area contributed by atoms with Gasteiger partial charge >= 0.3 is 0 Å². The largest absolute Gasteiger partial charge is 0.378 e. The van der Waals surface area contributed by atoms with Gasteiger partial charge in [0.25, 0.3) is 0 Å². The first-order chi connectivity index (χ1) is 9.15. The van der Waals surface area contributed by atoms with Crippen molar-refractivity contribution in [2.24, 2.45) is 0 Å². The maximum Gasteiger partial charge on any atom is 0.170 e. The first-order valence-electron chi connectivity index (χ1n) is 6.26. The van der Waals surface area contributed by atoms with Crippen LogP contribution in [0.4, 0.5) is 10.1 Å². The minimum atomic E-state index is -0.440. The summed E-state index contributed by atoms with van der Waals surface area (Å²) in [6.07, 6.45) is 3.54. The van der Waals surface area contributed by atoms with Gasteiger partial charge in [-0.15, -0.1) is 0 Å². The fourth-order valence-corrected chi connectivity index (χ4v) is 2.37. The van der Waals surface area contributed by atoms with Crippen LogP contribution in [0.1, 0.15) is 19.3 Å². The van der Waals surface area contributed by atoms with Gasteiger partial charge in [-0.1, -0.05) is 11.6 Å². The van der Waals surface area contributed by atoms with E-state index < -0.39 is 5.82 Å². The van der Waals surface area contributed by atoms with Gasteiger partial charge in [0.1, 0.15) is 5.82 Å². The summed E-state index contributed by atoms with van der Waals surface area (Å²) >= 11 is 10.8. The molecule has 3 nitrogen and oxygen atoms in total. The Labute approximate surface area is 122 Å². The number of hydrogen-bond acceptors (Lipinski definition) is 2. The lowest BCUT2D eigenvalue weighted by Gasteiger charge is -2.13. The second-order valence-electron chi connectivity index (χ2n) is 4.43. The van der Waals surface area contributed by atoms with Crippen molar-refractivity contribution in [1.82, 2.24) is 5.32 Å². The van der Waals surface area contributed by atoms with Crippen LogP contribution in [0.15, 0.2) is 18.2 Å². The van der Waals surface area contributed by atoms with Crippen molar-refractivity contribution < 1.29 is 9.13 Å². The van der Waals surface area contributed by atoms with Crippen molar-refractivity contribution in [2.75, 3.05) is 18.5 Å². The van der Waals surface area contributed by atoms with E-state index in [1.807, 2.05) is 0 Å². The van der Waals surface area contributed by atoms with E-state index in [2.05, 4.69) is 10.6 Å². The van der Waals surface area contributed by atoms with Crippen LogP contribution in [0.5, 0.6) is 0 Å². The molecule has 0 spiro atoms. The van der Waals surface area contributed by atoms with Crippen molar-refractivity contribution in [2.45, 2.75) is 25.4 Å². The molecule has 1 saturated heterocycles. The second-order valence-corrected chi connectivity index (χ2v) is 5.25. The Morgan fingerprint density at radius 3 is 3.05 bits per heavy atom. The van der Waals surface area contributed by atoms with Crippen LogP contribution in [0.3, 0.4) is 0 Å². The molecule has 1 heterocycles. The van der Waals surface area contributed by atoms with E-state index in [0.717, 1.165) is 32.4 Å². The van der Waals surface area contributed by atoms with E-state index in [1.165, 1.54) is 12.1 Å². The van der Waals surface area contributed by atoms with E-state index in [0.29, 0.717) is 16.9 Å². The normalized spacial score (nSPS) is 18.3. The highest BCUT2D eigenvalue weighted by atomic mass is 35.5. The van der Waals surface area contributed by atoms with Crippen LogP contribution in [0.2, 0.25) is 5.02 Å². The molecule has 1 fully saturated rings. The SMILES string of the molecule is Fc1ccc(NC(=S)NCCC2CCCO2)cc1Cl. The lowest BCUT2D eigenvalue weighted by molar-refractivity contribution is 0.105. The number of anilines is 1. The van der Waals surface area contributed by atoms with Crippen LogP contribution in [0.25, 0.3) is 0 Å². The van der Waals surface area contributed by atoms with E-state index in [-0.39, 0.29) is 5.02 Å². The monoisotopic (exact) mass is 302 g/mol. The Morgan fingerprint density at radius 2 is 2.37 bits per heavy atom. The Bertz CT molecular complexity index is 452. The fourth-order valence-electron chi connectivity index (χ4n) is 1.97. The summed E-state index contributed by atoms with van der Waals surface area (Å²) in [5.74, 6) is -0.440. The number of benzene rings is 1. The Morgan fingerprint density at radius 1 is 1.53 bits per heavy atom. The lowest BCUT2D eigenvalue weighted by atomic mass is 10.2. The molecule has 2 N–H and O–H groups in total. The average molecular weight is 303 g/mol. The molecule has 1 atom stereocenters. The van der Waals surface area contributed by atoms with Crippen molar-refractivity contribution in [3.8, 4) is 0 Å². The molecule has 1 unspecified atom stereocenters. The van der Waals surface area contributed by atoms with Gasteiger partial charge < -0.3 is 15.4 Å². The molecule has 6 heteroatoms.